The number of nitrogens with zero attached hydrogens (tertiary/aromatic N) is 1. The van der Waals surface area contributed by atoms with E-state index in [1.165, 1.54) is 0 Å². The van der Waals surface area contributed by atoms with Crippen LogP contribution >= 0.6 is 11.6 Å². The number of benzene rings is 1. The highest BCUT2D eigenvalue weighted by molar-refractivity contribution is 6.30. The first-order chi connectivity index (χ1) is 12.2. The molecule has 0 radical (unpaired) electrons. The molecule has 25 heavy (non-hydrogen) atoms. The van der Waals surface area contributed by atoms with Gasteiger partial charge in [-0.05, 0) is 56.5 Å². The summed E-state index contributed by atoms with van der Waals surface area (Å²) in [5.74, 6) is 1.24. The fourth-order valence-electron chi connectivity index (χ4n) is 3.52. The minimum absolute atomic E-state index is 0.152. The molecule has 2 saturated heterocycles. The summed E-state index contributed by atoms with van der Waals surface area (Å²) in [5.41, 5.74) is 0. The first-order valence-corrected chi connectivity index (χ1v) is 9.70. The van der Waals surface area contributed by atoms with E-state index in [-0.39, 0.29) is 11.8 Å². The van der Waals surface area contributed by atoms with Gasteiger partial charge in [0.05, 0.1) is 5.92 Å². The number of likely N-dealkylation sites (tertiary alicyclic amines) is 1. The van der Waals surface area contributed by atoms with Crippen molar-refractivity contribution < 1.29 is 9.53 Å². The summed E-state index contributed by atoms with van der Waals surface area (Å²) in [6.07, 6.45) is 4.16. The molecule has 0 spiro atoms. The summed E-state index contributed by atoms with van der Waals surface area (Å²) in [5, 5.41) is 7.28. The average molecular weight is 366 g/mol. The van der Waals surface area contributed by atoms with Gasteiger partial charge < -0.3 is 15.4 Å². The number of hydrogen-bond acceptors (Lipinski definition) is 4. The Balaban J connectivity index is 1.31. The van der Waals surface area contributed by atoms with E-state index in [2.05, 4.69) is 15.5 Å². The lowest BCUT2D eigenvalue weighted by Crippen LogP contribution is -2.49. The number of rotatable bonds is 6. The molecule has 1 atom stereocenters. The van der Waals surface area contributed by atoms with Crippen LogP contribution in [-0.4, -0.2) is 56.2 Å². The molecule has 0 aliphatic carbocycles. The lowest BCUT2D eigenvalue weighted by molar-refractivity contribution is -0.126. The van der Waals surface area contributed by atoms with Crippen molar-refractivity contribution in [2.75, 3.05) is 39.3 Å². The Hall–Kier alpha value is -1.30. The molecule has 138 valence electrons. The van der Waals surface area contributed by atoms with E-state index in [4.69, 9.17) is 16.3 Å². The maximum atomic E-state index is 12.3. The highest BCUT2D eigenvalue weighted by Crippen LogP contribution is 2.16. The summed E-state index contributed by atoms with van der Waals surface area (Å²) in [7, 11) is 0. The van der Waals surface area contributed by atoms with E-state index in [0.717, 1.165) is 69.2 Å². The second-order valence-electron chi connectivity index (χ2n) is 6.97. The van der Waals surface area contributed by atoms with Gasteiger partial charge in [0.25, 0.3) is 0 Å². The second kappa shape index (κ2) is 9.41. The van der Waals surface area contributed by atoms with Crippen molar-refractivity contribution in [3.8, 4) is 5.75 Å². The number of piperidine rings is 2. The normalized spacial score (nSPS) is 22.5. The van der Waals surface area contributed by atoms with Gasteiger partial charge in [0.15, 0.2) is 0 Å². The number of hydrogen-bond donors (Lipinski definition) is 2. The van der Waals surface area contributed by atoms with E-state index in [1.807, 2.05) is 24.3 Å². The van der Waals surface area contributed by atoms with Crippen molar-refractivity contribution in [1.82, 2.24) is 15.5 Å². The topological polar surface area (TPSA) is 53.6 Å². The number of ether oxygens (including phenoxy) is 1. The Labute approximate surface area is 155 Å². The number of carbonyl (C=O) groups excluding carboxylic acids is 1. The summed E-state index contributed by atoms with van der Waals surface area (Å²) in [4.78, 5) is 14.7. The molecule has 3 rings (SSSR count). The Morgan fingerprint density at radius 3 is 2.68 bits per heavy atom. The highest BCUT2D eigenvalue weighted by Gasteiger charge is 2.25. The molecule has 1 aromatic rings. The zero-order chi connectivity index (χ0) is 17.5. The molecular formula is C19H28ClN3O2. The van der Waals surface area contributed by atoms with Crippen LogP contribution in [0.4, 0.5) is 0 Å². The van der Waals surface area contributed by atoms with Crippen molar-refractivity contribution in [1.29, 1.82) is 0 Å². The van der Waals surface area contributed by atoms with Gasteiger partial charge in [-0.25, -0.2) is 0 Å². The van der Waals surface area contributed by atoms with Crippen LogP contribution in [0.5, 0.6) is 5.75 Å². The summed E-state index contributed by atoms with van der Waals surface area (Å²) in [6, 6.07) is 7.79. The fraction of sp³-hybridized carbons (Fsp3) is 0.632. The van der Waals surface area contributed by atoms with Gasteiger partial charge in [-0.3, -0.25) is 9.69 Å². The Morgan fingerprint density at radius 1 is 1.24 bits per heavy atom. The second-order valence-corrected chi connectivity index (χ2v) is 7.41. The summed E-state index contributed by atoms with van der Waals surface area (Å²) < 4.78 is 5.76. The van der Waals surface area contributed by atoms with Crippen LogP contribution in [0, 0.1) is 5.92 Å². The smallest absolute Gasteiger partial charge is 0.224 e. The van der Waals surface area contributed by atoms with Crippen molar-refractivity contribution in [3.05, 3.63) is 29.3 Å². The Kier molecular flexibility index (Phi) is 6.96. The van der Waals surface area contributed by atoms with Crippen molar-refractivity contribution >= 4 is 17.5 Å². The number of nitrogens with one attached hydrogen (secondary N) is 2. The van der Waals surface area contributed by atoms with Gasteiger partial charge >= 0.3 is 0 Å². The molecule has 2 aliphatic rings. The first kappa shape index (κ1) is 18.5. The maximum absolute atomic E-state index is 12.3. The highest BCUT2D eigenvalue weighted by atomic mass is 35.5. The molecule has 0 bridgehead atoms. The van der Waals surface area contributed by atoms with Crippen LogP contribution in [0.25, 0.3) is 0 Å². The maximum Gasteiger partial charge on any atom is 0.224 e. The van der Waals surface area contributed by atoms with E-state index < -0.39 is 0 Å². The molecule has 2 aliphatic heterocycles. The van der Waals surface area contributed by atoms with Crippen LogP contribution in [0.3, 0.4) is 0 Å². The van der Waals surface area contributed by atoms with Crippen LogP contribution in [-0.2, 0) is 4.79 Å². The van der Waals surface area contributed by atoms with Crippen molar-refractivity contribution in [2.24, 2.45) is 5.92 Å². The van der Waals surface area contributed by atoms with Crippen LogP contribution in [0.15, 0.2) is 24.3 Å². The Bertz CT molecular complexity index is 538. The molecule has 1 aromatic carbocycles. The van der Waals surface area contributed by atoms with Gasteiger partial charge in [0.1, 0.15) is 12.4 Å². The summed E-state index contributed by atoms with van der Waals surface area (Å²) in [6.45, 7) is 5.48. The molecule has 1 amide bonds. The molecule has 1 unspecified atom stereocenters. The molecule has 2 heterocycles. The third-order valence-corrected chi connectivity index (χ3v) is 5.34. The largest absolute Gasteiger partial charge is 0.492 e. The number of amides is 1. The lowest BCUT2D eigenvalue weighted by Gasteiger charge is -2.33. The number of halogens is 1. The van der Waals surface area contributed by atoms with Crippen molar-refractivity contribution in [2.45, 2.75) is 31.7 Å². The predicted octanol–water partition coefficient (Wildman–Crippen LogP) is 2.30. The molecule has 2 fully saturated rings. The van der Waals surface area contributed by atoms with E-state index in [9.17, 15) is 4.79 Å². The third-order valence-electron chi connectivity index (χ3n) is 5.09. The SMILES string of the molecule is O=C(NC1CCN(CCOc2ccc(Cl)cc2)CC1)C1CCCNC1. The molecule has 0 aromatic heterocycles. The molecule has 2 N–H and O–H groups in total. The van der Waals surface area contributed by atoms with Gasteiger partial charge in [-0.2, -0.15) is 0 Å². The summed E-state index contributed by atoms with van der Waals surface area (Å²) >= 11 is 5.87. The van der Waals surface area contributed by atoms with Gasteiger partial charge in [0.2, 0.25) is 5.91 Å². The molecule has 0 saturated carbocycles. The molecule has 5 nitrogen and oxygen atoms in total. The minimum Gasteiger partial charge on any atom is -0.492 e. The predicted molar refractivity (Wildman–Crippen MR) is 100 cm³/mol. The molecular weight excluding hydrogens is 338 g/mol. The zero-order valence-corrected chi connectivity index (χ0v) is 15.4. The van der Waals surface area contributed by atoms with Crippen molar-refractivity contribution in [3.63, 3.8) is 0 Å². The lowest BCUT2D eigenvalue weighted by atomic mass is 9.97. The van der Waals surface area contributed by atoms with E-state index in [0.29, 0.717) is 12.6 Å². The van der Waals surface area contributed by atoms with Gasteiger partial charge in [-0.1, -0.05) is 11.6 Å². The van der Waals surface area contributed by atoms with E-state index in [1.54, 1.807) is 0 Å². The monoisotopic (exact) mass is 365 g/mol. The standard InChI is InChI=1S/C19H28ClN3O2/c20-16-3-5-18(6-4-16)25-13-12-23-10-7-17(8-11-23)22-19(24)15-2-1-9-21-14-15/h3-6,15,17,21H,1-2,7-14H2,(H,22,24). The van der Waals surface area contributed by atoms with Gasteiger partial charge in [0, 0.05) is 37.2 Å². The Morgan fingerprint density at radius 2 is 2.00 bits per heavy atom. The fourth-order valence-corrected chi connectivity index (χ4v) is 3.64. The first-order valence-electron chi connectivity index (χ1n) is 9.32. The third kappa shape index (κ3) is 5.87. The van der Waals surface area contributed by atoms with Gasteiger partial charge in [-0.15, -0.1) is 0 Å². The minimum atomic E-state index is 0.152. The quantitative estimate of drug-likeness (QED) is 0.812. The van der Waals surface area contributed by atoms with Crippen LogP contribution in [0.1, 0.15) is 25.7 Å². The van der Waals surface area contributed by atoms with Crippen LogP contribution in [0.2, 0.25) is 5.02 Å². The van der Waals surface area contributed by atoms with E-state index >= 15 is 0 Å². The van der Waals surface area contributed by atoms with Crippen LogP contribution < -0.4 is 15.4 Å². The zero-order valence-electron chi connectivity index (χ0n) is 14.7. The average Bonchev–Trinajstić information content (AvgIpc) is 2.65. The molecule has 6 heteroatoms. The number of carbonyl (C=O) groups is 1.